The van der Waals surface area contributed by atoms with E-state index in [0.29, 0.717) is 56.9 Å². The number of carbonyl (C=O) groups is 2. The molecule has 0 radical (unpaired) electrons. The second-order valence-corrected chi connectivity index (χ2v) is 14.1. The van der Waals surface area contributed by atoms with Crippen molar-refractivity contribution in [2.75, 3.05) is 54.4 Å². The number of piperazine rings is 1. The zero-order valence-electron chi connectivity index (χ0n) is 27.6. The van der Waals surface area contributed by atoms with Crippen molar-refractivity contribution in [3.8, 4) is 0 Å². The van der Waals surface area contributed by atoms with Gasteiger partial charge in [0, 0.05) is 57.0 Å². The van der Waals surface area contributed by atoms with Crippen LogP contribution in [0.2, 0.25) is 0 Å². The van der Waals surface area contributed by atoms with Gasteiger partial charge in [-0.15, -0.1) is 0 Å². The molecule has 4 heterocycles. The molecule has 13 heteroatoms. The smallest absolute Gasteiger partial charge is 0.404 e. The van der Waals surface area contributed by atoms with Gasteiger partial charge in [0.2, 0.25) is 5.91 Å². The molecule has 0 unspecified atom stereocenters. The fourth-order valence-corrected chi connectivity index (χ4v) is 6.92. The lowest BCUT2D eigenvalue weighted by atomic mass is 9.82. The summed E-state index contributed by atoms with van der Waals surface area (Å²) in [6.07, 6.45) is 3.73. The van der Waals surface area contributed by atoms with E-state index in [1.165, 1.54) is 18.5 Å². The number of benzene rings is 2. The van der Waals surface area contributed by atoms with Crippen LogP contribution in [-0.4, -0.2) is 76.8 Å². The number of carbonyl (C=O) groups excluding carboxylic acids is 1. The highest BCUT2D eigenvalue weighted by Crippen LogP contribution is 2.34. The number of hydrogen-bond acceptors (Lipinski definition) is 8. The third-order valence-corrected chi connectivity index (χ3v) is 9.90. The molecule has 0 atom stereocenters. The second-order valence-electron chi connectivity index (χ2n) is 14.1. The Kier molecular flexibility index (Phi) is 9.68. The Morgan fingerprint density at radius 2 is 1.67 bits per heavy atom. The molecule has 2 amide bonds. The van der Waals surface area contributed by atoms with E-state index in [0.717, 1.165) is 42.9 Å². The van der Waals surface area contributed by atoms with E-state index in [4.69, 9.17) is 5.11 Å². The highest BCUT2D eigenvalue weighted by atomic mass is 19.1. The van der Waals surface area contributed by atoms with Crippen molar-refractivity contribution in [3.63, 3.8) is 0 Å². The zero-order chi connectivity index (χ0) is 33.9. The number of rotatable bonds is 9. The molecule has 3 saturated heterocycles. The summed E-state index contributed by atoms with van der Waals surface area (Å²) in [5, 5.41) is 17.7. The fourth-order valence-electron chi connectivity index (χ4n) is 6.92. The molecule has 3 aliphatic heterocycles. The molecule has 2 aromatic carbocycles. The van der Waals surface area contributed by atoms with E-state index in [9.17, 15) is 9.59 Å². The van der Waals surface area contributed by atoms with Crippen molar-refractivity contribution in [2.45, 2.75) is 64.7 Å². The van der Waals surface area contributed by atoms with Crippen LogP contribution in [0, 0.1) is 17.0 Å². The molecule has 3 fully saturated rings. The monoisotopic (exact) mass is 662 g/mol. The van der Waals surface area contributed by atoms with Crippen molar-refractivity contribution in [1.82, 2.24) is 25.5 Å². The van der Waals surface area contributed by atoms with Gasteiger partial charge in [-0.05, 0) is 61.4 Å². The number of anilines is 3. The van der Waals surface area contributed by atoms with Gasteiger partial charge in [-0.2, -0.15) is 0 Å². The lowest BCUT2D eigenvalue weighted by molar-refractivity contribution is -0.123. The number of halogens is 2. The molecule has 1 spiro atoms. The minimum absolute atomic E-state index is 0.0255. The van der Waals surface area contributed by atoms with E-state index in [1.54, 1.807) is 4.90 Å². The van der Waals surface area contributed by atoms with Crippen LogP contribution >= 0.6 is 0 Å². The summed E-state index contributed by atoms with van der Waals surface area (Å²) in [6.45, 7) is 8.90. The minimum atomic E-state index is -1.07. The number of aromatic nitrogens is 2. The molecule has 6 rings (SSSR count). The van der Waals surface area contributed by atoms with Gasteiger partial charge in [0.25, 0.3) is 0 Å². The number of hydrogen-bond donors (Lipinski definition) is 4. The summed E-state index contributed by atoms with van der Waals surface area (Å²) in [6, 6.07) is 12.1. The Morgan fingerprint density at radius 1 is 0.938 bits per heavy atom. The quantitative estimate of drug-likeness (QED) is 0.257. The van der Waals surface area contributed by atoms with Crippen LogP contribution in [0.15, 0.2) is 48.8 Å². The standard InChI is InChI=1S/C35H44F2N8O3/c1-34(2)6-10-43(11-7-34)20-26-15-28(37)29(16-27(26)36)45-21-32(46)42-35(22-45)8-12-44(13-9-35)31-17-30(40-23-41-31)38-18-24-4-3-5-25(14-24)19-39-33(47)48/h3-5,14-17,23,39H,6-13,18-22H2,1-2H3,(H,42,46)(H,47,48)(H,38,40,41). The van der Waals surface area contributed by atoms with Crippen LogP contribution in [-0.2, 0) is 24.4 Å². The highest BCUT2D eigenvalue weighted by Gasteiger charge is 2.42. The number of nitrogens with one attached hydrogen (secondary N) is 3. The number of likely N-dealkylation sites (tertiary alicyclic amines) is 1. The van der Waals surface area contributed by atoms with Gasteiger partial charge in [-0.3, -0.25) is 9.69 Å². The Hall–Kier alpha value is -4.52. The van der Waals surface area contributed by atoms with Crippen molar-refractivity contribution in [3.05, 3.63) is 77.1 Å². The molecule has 0 aliphatic carbocycles. The maximum Gasteiger partial charge on any atom is 0.404 e. The number of amides is 2. The van der Waals surface area contributed by atoms with E-state index in [1.807, 2.05) is 30.3 Å². The summed E-state index contributed by atoms with van der Waals surface area (Å²) in [4.78, 5) is 38.6. The third-order valence-electron chi connectivity index (χ3n) is 9.90. The van der Waals surface area contributed by atoms with E-state index >= 15 is 8.78 Å². The molecular weight excluding hydrogens is 618 g/mol. The molecule has 48 heavy (non-hydrogen) atoms. The highest BCUT2D eigenvalue weighted by molar-refractivity contribution is 5.84. The van der Waals surface area contributed by atoms with Gasteiger partial charge in [0.05, 0.1) is 17.8 Å². The molecule has 11 nitrogen and oxygen atoms in total. The van der Waals surface area contributed by atoms with Gasteiger partial charge in [0.15, 0.2) is 0 Å². The van der Waals surface area contributed by atoms with Gasteiger partial charge < -0.3 is 30.9 Å². The van der Waals surface area contributed by atoms with Crippen LogP contribution in [0.4, 0.5) is 30.9 Å². The zero-order valence-corrected chi connectivity index (χ0v) is 27.6. The third kappa shape index (κ3) is 8.12. The first-order chi connectivity index (χ1) is 23.0. The number of piperidine rings is 2. The molecule has 3 aliphatic rings. The lowest BCUT2D eigenvalue weighted by Gasteiger charge is -2.48. The molecule has 256 valence electrons. The average Bonchev–Trinajstić information content (AvgIpc) is 3.05. The van der Waals surface area contributed by atoms with E-state index in [-0.39, 0.29) is 30.1 Å². The average molecular weight is 663 g/mol. The number of nitrogens with zero attached hydrogens (tertiary/aromatic N) is 5. The summed E-state index contributed by atoms with van der Waals surface area (Å²) in [5.74, 6) is 0.252. The van der Waals surface area contributed by atoms with Gasteiger partial charge in [-0.1, -0.05) is 38.1 Å². The summed E-state index contributed by atoms with van der Waals surface area (Å²) >= 11 is 0. The maximum atomic E-state index is 15.5. The Balaban J connectivity index is 1.06. The molecule has 1 aromatic heterocycles. The Bertz CT molecular complexity index is 1640. The SMILES string of the molecule is CC1(C)CCN(Cc2cc(F)c(N3CC(=O)NC4(CCN(c5cc(NCc6cccc(CNC(=O)O)c6)ncn5)CC4)C3)cc2F)CC1. The van der Waals surface area contributed by atoms with Crippen LogP contribution in [0.5, 0.6) is 0 Å². The van der Waals surface area contributed by atoms with Crippen LogP contribution in [0.3, 0.4) is 0 Å². The van der Waals surface area contributed by atoms with Crippen LogP contribution in [0.25, 0.3) is 0 Å². The van der Waals surface area contributed by atoms with Crippen LogP contribution < -0.4 is 25.8 Å². The predicted molar refractivity (Wildman–Crippen MR) is 180 cm³/mol. The van der Waals surface area contributed by atoms with Crippen molar-refractivity contribution >= 4 is 29.3 Å². The maximum absolute atomic E-state index is 15.5. The summed E-state index contributed by atoms with van der Waals surface area (Å²) in [5.41, 5.74) is 2.03. The fraction of sp³-hybridized carbons (Fsp3) is 0.486. The Morgan fingerprint density at radius 3 is 2.40 bits per heavy atom. The predicted octanol–water partition coefficient (Wildman–Crippen LogP) is 4.73. The minimum Gasteiger partial charge on any atom is -0.465 e. The summed E-state index contributed by atoms with van der Waals surface area (Å²) in [7, 11) is 0. The molecular formula is C35H44F2N8O3. The molecule has 0 saturated carbocycles. The van der Waals surface area contributed by atoms with E-state index in [2.05, 4.69) is 49.6 Å². The second kappa shape index (κ2) is 13.9. The van der Waals surface area contributed by atoms with E-state index < -0.39 is 23.3 Å². The number of carboxylic acid groups (broad SMARTS) is 1. The lowest BCUT2D eigenvalue weighted by Crippen LogP contribution is -2.66. The molecule has 3 aromatic rings. The first kappa shape index (κ1) is 33.4. The normalized spacial score (nSPS) is 19.2. The molecule has 4 N–H and O–H groups in total. The van der Waals surface area contributed by atoms with Gasteiger partial charge in [-0.25, -0.2) is 23.5 Å². The Labute approximate surface area is 279 Å². The van der Waals surface area contributed by atoms with Crippen molar-refractivity contribution in [1.29, 1.82) is 0 Å². The first-order valence-electron chi connectivity index (χ1n) is 16.6. The first-order valence-corrected chi connectivity index (χ1v) is 16.6. The van der Waals surface area contributed by atoms with Crippen LogP contribution in [0.1, 0.15) is 56.2 Å². The van der Waals surface area contributed by atoms with Crippen molar-refractivity contribution in [2.24, 2.45) is 5.41 Å². The molecule has 0 bridgehead atoms. The summed E-state index contributed by atoms with van der Waals surface area (Å²) < 4.78 is 30.9. The largest absolute Gasteiger partial charge is 0.465 e. The van der Waals surface area contributed by atoms with Crippen molar-refractivity contribution < 1.29 is 23.5 Å². The topological polar surface area (TPSA) is 126 Å². The van der Waals surface area contributed by atoms with Gasteiger partial charge >= 0.3 is 6.09 Å². The van der Waals surface area contributed by atoms with Gasteiger partial charge in [0.1, 0.15) is 29.6 Å².